The summed E-state index contributed by atoms with van der Waals surface area (Å²) in [6.45, 7) is 4.23. The van der Waals surface area contributed by atoms with Crippen molar-refractivity contribution in [1.29, 1.82) is 0 Å². The highest BCUT2D eigenvalue weighted by molar-refractivity contribution is 5.34. The number of hydrogen-bond donors (Lipinski definition) is 0. The van der Waals surface area contributed by atoms with Gasteiger partial charge >= 0.3 is 0 Å². The maximum absolute atomic E-state index is 5.84. The summed E-state index contributed by atoms with van der Waals surface area (Å²) in [7, 11) is 0. The molecule has 0 radical (unpaired) electrons. The van der Waals surface area contributed by atoms with E-state index >= 15 is 0 Å². The zero-order valence-electron chi connectivity index (χ0n) is 11.9. The number of benzene rings is 2. The lowest BCUT2D eigenvalue weighted by Gasteiger charge is -2.07. The number of ether oxygens (including phenoxy) is 3. The van der Waals surface area contributed by atoms with Gasteiger partial charge in [0.05, 0.1) is 39.6 Å². The van der Waals surface area contributed by atoms with E-state index in [1.54, 1.807) is 0 Å². The Morgan fingerprint density at radius 1 is 0.667 bits per heavy atom. The number of rotatable bonds is 4. The van der Waals surface area contributed by atoms with Crippen molar-refractivity contribution in [3.63, 3.8) is 0 Å². The van der Waals surface area contributed by atoms with Crippen LogP contribution in [0.5, 0.6) is 0 Å². The molecule has 108 valence electrons. The highest BCUT2D eigenvalue weighted by Crippen LogP contribution is 2.23. The van der Waals surface area contributed by atoms with Gasteiger partial charge in [0.1, 0.15) is 0 Å². The van der Waals surface area contributed by atoms with Crippen LogP contribution in [0.25, 0.3) is 0 Å². The van der Waals surface area contributed by atoms with E-state index in [0.29, 0.717) is 13.2 Å². The Labute approximate surface area is 124 Å². The highest BCUT2D eigenvalue weighted by atomic mass is 16.5. The molecule has 0 saturated carbocycles. The van der Waals surface area contributed by atoms with E-state index in [0.717, 1.165) is 26.4 Å². The van der Waals surface area contributed by atoms with Crippen molar-refractivity contribution in [2.24, 2.45) is 0 Å². The molecule has 0 N–H and O–H groups in total. The van der Waals surface area contributed by atoms with Crippen LogP contribution in [0.4, 0.5) is 0 Å². The van der Waals surface area contributed by atoms with E-state index in [1.165, 1.54) is 33.4 Å². The van der Waals surface area contributed by atoms with E-state index < -0.39 is 0 Å². The SMILES string of the molecule is c1cc2c(cc1COCc1ccc3c(c1)COC3)COC2. The maximum atomic E-state index is 5.84. The van der Waals surface area contributed by atoms with E-state index in [2.05, 4.69) is 36.4 Å². The third-order valence-corrected chi connectivity index (χ3v) is 4.11. The van der Waals surface area contributed by atoms with Crippen molar-refractivity contribution in [2.45, 2.75) is 39.6 Å². The molecule has 0 bridgehead atoms. The molecule has 0 spiro atoms. The highest BCUT2D eigenvalue weighted by Gasteiger charge is 2.12. The molecule has 0 amide bonds. The summed E-state index contributed by atoms with van der Waals surface area (Å²) in [5, 5.41) is 0. The number of hydrogen-bond acceptors (Lipinski definition) is 3. The lowest BCUT2D eigenvalue weighted by atomic mass is 10.1. The maximum Gasteiger partial charge on any atom is 0.0725 e. The van der Waals surface area contributed by atoms with Crippen LogP contribution in [0.2, 0.25) is 0 Å². The molecule has 2 aliphatic rings. The van der Waals surface area contributed by atoms with E-state index in [-0.39, 0.29) is 0 Å². The van der Waals surface area contributed by atoms with Crippen molar-refractivity contribution in [3.8, 4) is 0 Å². The minimum Gasteiger partial charge on any atom is -0.372 e. The Bertz CT molecular complexity index is 606. The standard InChI is InChI=1S/C18H18O3/c1-3-15-9-20-11-17(15)5-13(1)7-19-8-14-2-4-16-10-21-12-18(16)6-14/h1-6H,7-12H2. The Kier molecular flexibility index (Phi) is 3.47. The molecule has 0 fully saturated rings. The van der Waals surface area contributed by atoms with Crippen LogP contribution in [0.3, 0.4) is 0 Å². The second-order valence-electron chi connectivity index (χ2n) is 5.68. The van der Waals surface area contributed by atoms with Gasteiger partial charge in [0.15, 0.2) is 0 Å². The Hall–Kier alpha value is -1.68. The zero-order valence-corrected chi connectivity index (χ0v) is 11.9. The van der Waals surface area contributed by atoms with Gasteiger partial charge in [0.2, 0.25) is 0 Å². The molecule has 21 heavy (non-hydrogen) atoms. The van der Waals surface area contributed by atoms with Gasteiger partial charge in [0, 0.05) is 0 Å². The van der Waals surface area contributed by atoms with Crippen LogP contribution in [-0.2, 0) is 53.9 Å². The molecule has 0 atom stereocenters. The second-order valence-corrected chi connectivity index (χ2v) is 5.68. The van der Waals surface area contributed by atoms with Crippen LogP contribution in [-0.4, -0.2) is 0 Å². The largest absolute Gasteiger partial charge is 0.372 e. The van der Waals surface area contributed by atoms with E-state index in [1.807, 2.05) is 0 Å². The molecule has 0 unspecified atom stereocenters. The van der Waals surface area contributed by atoms with E-state index in [9.17, 15) is 0 Å². The predicted octanol–water partition coefficient (Wildman–Crippen LogP) is 3.46. The number of fused-ring (bicyclic) bond motifs is 2. The summed E-state index contributed by atoms with van der Waals surface area (Å²) >= 11 is 0. The minimum absolute atomic E-state index is 0.640. The predicted molar refractivity (Wildman–Crippen MR) is 78.4 cm³/mol. The lowest BCUT2D eigenvalue weighted by Crippen LogP contribution is -1.96. The normalized spacial score (nSPS) is 16.0. The summed E-state index contributed by atoms with van der Waals surface area (Å²) in [4.78, 5) is 0. The fourth-order valence-corrected chi connectivity index (χ4v) is 2.92. The van der Waals surface area contributed by atoms with Gasteiger partial charge in [-0.1, -0.05) is 36.4 Å². The van der Waals surface area contributed by atoms with Gasteiger partial charge in [-0.05, 0) is 33.4 Å². The van der Waals surface area contributed by atoms with Gasteiger partial charge in [-0.2, -0.15) is 0 Å². The molecule has 2 aromatic carbocycles. The molecule has 2 heterocycles. The van der Waals surface area contributed by atoms with Crippen molar-refractivity contribution < 1.29 is 14.2 Å². The van der Waals surface area contributed by atoms with E-state index in [4.69, 9.17) is 14.2 Å². The summed E-state index contributed by atoms with van der Waals surface area (Å²) in [5.74, 6) is 0. The molecule has 0 saturated heterocycles. The first kappa shape index (κ1) is 13.0. The average molecular weight is 282 g/mol. The third kappa shape index (κ3) is 2.72. The molecule has 2 aromatic rings. The van der Waals surface area contributed by atoms with Crippen LogP contribution in [0.1, 0.15) is 33.4 Å². The zero-order chi connectivity index (χ0) is 14.1. The quantitative estimate of drug-likeness (QED) is 0.859. The fraction of sp³-hybridized carbons (Fsp3) is 0.333. The Balaban J connectivity index is 1.37. The smallest absolute Gasteiger partial charge is 0.0725 e. The molecule has 0 aliphatic carbocycles. The lowest BCUT2D eigenvalue weighted by molar-refractivity contribution is 0.107. The molecule has 3 heteroatoms. The van der Waals surface area contributed by atoms with Crippen molar-refractivity contribution in [2.75, 3.05) is 0 Å². The first-order valence-electron chi connectivity index (χ1n) is 7.33. The van der Waals surface area contributed by atoms with Gasteiger partial charge in [-0.25, -0.2) is 0 Å². The summed E-state index contributed by atoms with van der Waals surface area (Å²) in [5.41, 5.74) is 7.62. The van der Waals surface area contributed by atoms with Gasteiger partial charge in [-0.15, -0.1) is 0 Å². The van der Waals surface area contributed by atoms with Gasteiger partial charge < -0.3 is 14.2 Å². The van der Waals surface area contributed by atoms with Gasteiger partial charge in [0.25, 0.3) is 0 Å². The van der Waals surface area contributed by atoms with Crippen LogP contribution in [0.15, 0.2) is 36.4 Å². The average Bonchev–Trinajstić information content (AvgIpc) is 3.14. The molecular formula is C18H18O3. The van der Waals surface area contributed by atoms with Crippen molar-refractivity contribution >= 4 is 0 Å². The molecule has 4 rings (SSSR count). The molecule has 3 nitrogen and oxygen atoms in total. The Morgan fingerprint density at radius 2 is 1.14 bits per heavy atom. The summed E-state index contributed by atoms with van der Waals surface area (Å²) in [6, 6.07) is 12.9. The minimum atomic E-state index is 0.640. The van der Waals surface area contributed by atoms with Crippen LogP contribution in [0, 0.1) is 0 Å². The summed E-state index contributed by atoms with van der Waals surface area (Å²) in [6.07, 6.45) is 0. The van der Waals surface area contributed by atoms with Crippen molar-refractivity contribution in [1.82, 2.24) is 0 Å². The summed E-state index contributed by atoms with van der Waals surface area (Å²) < 4.78 is 16.7. The topological polar surface area (TPSA) is 27.7 Å². The monoisotopic (exact) mass is 282 g/mol. The second kappa shape index (κ2) is 5.60. The fourth-order valence-electron chi connectivity index (χ4n) is 2.92. The van der Waals surface area contributed by atoms with Gasteiger partial charge in [-0.3, -0.25) is 0 Å². The molecule has 0 aromatic heterocycles. The van der Waals surface area contributed by atoms with Crippen LogP contribution >= 0.6 is 0 Å². The first-order valence-corrected chi connectivity index (χ1v) is 7.33. The molecule has 2 aliphatic heterocycles. The van der Waals surface area contributed by atoms with Crippen molar-refractivity contribution in [3.05, 3.63) is 69.8 Å². The third-order valence-electron chi connectivity index (χ3n) is 4.11. The molecular weight excluding hydrogens is 264 g/mol. The first-order chi connectivity index (χ1) is 10.4. The van der Waals surface area contributed by atoms with Crippen LogP contribution < -0.4 is 0 Å². The Morgan fingerprint density at radius 3 is 1.67 bits per heavy atom.